The van der Waals surface area contributed by atoms with E-state index in [4.69, 9.17) is 0 Å². The lowest BCUT2D eigenvalue weighted by Gasteiger charge is -2.11. The van der Waals surface area contributed by atoms with Gasteiger partial charge in [-0.3, -0.25) is 4.57 Å². The second-order valence-electron chi connectivity index (χ2n) is 6.57. The Labute approximate surface area is 152 Å². The van der Waals surface area contributed by atoms with Crippen molar-refractivity contribution >= 4 is 28.7 Å². The van der Waals surface area contributed by atoms with Crippen LogP contribution in [0.25, 0.3) is 11.2 Å². The van der Waals surface area contributed by atoms with Gasteiger partial charge >= 0.3 is 0 Å². The maximum absolute atomic E-state index is 13.9. The number of nitrogens with zero attached hydrogens (tertiary/aromatic N) is 4. The molecule has 2 aromatic heterocycles. The molecular weight excluding hydrogens is 361 g/mol. The Morgan fingerprint density at radius 1 is 1.15 bits per heavy atom. The number of aromatic nitrogens is 4. The van der Waals surface area contributed by atoms with Crippen LogP contribution in [0.4, 0.5) is 30.8 Å². The Morgan fingerprint density at radius 3 is 2.56 bits per heavy atom. The first kappa shape index (κ1) is 17.5. The van der Waals surface area contributed by atoms with Gasteiger partial charge in [-0.15, -0.1) is 0 Å². The number of benzene rings is 1. The van der Waals surface area contributed by atoms with Gasteiger partial charge in [-0.2, -0.15) is 4.98 Å². The average Bonchev–Trinajstić information content (AvgIpc) is 3.15. The molecule has 4 rings (SSSR count). The summed E-state index contributed by atoms with van der Waals surface area (Å²) in [5.41, 5.74) is 0.387. The number of anilines is 3. The molecule has 27 heavy (non-hydrogen) atoms. The molecule has 0 bridgehead atoms. The molecule has 0 saturated heterocycles. The number of aryl methyl sites for hydroxylation is 1. The molecule has 2 atom stereocenters. The van der Waals surface area contributed by atoms with Crippen LogP contribution in [-0.2, 0) is 7.05 Å². The van der Waals surface area contributed by atoms with Crippen LogP contribution < -0.4 is 10.6 Å². The molecule has 1 fully saturated rings. The molecule has 1 aromatic carbocycles. The molecule has 0 spiro atoms. The fraction of sp³-hybridized carbons (Fsp3) is 0.353. The zero-order chi connectivity index (χ0) is 19.1. The Hall–Kier alpha value is -2.88. The highest BCUT2D eigenvalue weighted by atomic mass is 19.1. The molecule has 3 N–H and O–H groups in total. The number of aliphatic hydroxyl groups excluding tert-OH is 1. The number of hydrogen-bond acceptors (Lipinski definition) is 6. The van der Waals surface area contributed by atoms with Gasteiger partial charge in [0.25, 0.3) is 0 Å². The highest BCUT2D eigenvalue weighted by Gasteiger charge is 2.23. The molecule has 0 amide bonds. The Morgan fingerprint density at radius 2 is 1.89 bits per heavy atom. The molecule has 1 aliphatic rings. The first-order valence-corrected chi connectivity index (χ1v) is 8.46. The summed E-state index contributed by atoms with van der Waals surface area (Å²) in [5.74, 6) is -2.60. The van der Waals surface area contributed by atoms with Crippen LogP contribution in [0.2, 0.25) is 0 Å². The highest BCUT2D eigenvalue weighted by molar-refractivity contribution is 5.76. The van der Waals surface area contributed by atoms with Crippen LogP contribution in [-0.4, -0.2) is 36.8 Å². The van der Waals surface area contributed by atoms with E-state index in [0.29, 0.717) is 35.7 Å². The number of rotatable bonds is 4. The van der Waals surface area contributed by atoms with Gasteiger partial charge in [0.2, 0.25) is 11.9 Å². The molecule has 1 saturated carbocycles. The third-order valence-electron chi connectivity index (χ3n) is 4.59. The summed E-state index contributed by atoms with van der Waals surface area (Å²) in [6, 6.07) is 1.27. The van der Waals surface area contributed by atoms with Crippen molar-refractivity contribution in [2.75, 3.05) is 10.6 Å². The molecule has 0 unspecified atom stereocenters. The monoisotopic (exact) mass is 378 g/mol. The Bertz CT molecular complexity index is 985. The lowest BCUT2D eigenvalue weighted by molar-refractivity contribution is 0.182. The number of nitrogens with one attached hydrogen (secondary N) is 2. The largest absolute Gasteiger partial charge is 0.393 e. The standard InChI is InChI=1S/C17H17F3N6O/c1-26-15-13(7-21-16(25-15)22-9-2-3-10(27)6-9)23-17(26)24-14-11(19)4-8(18)5-12(14)20/h4-5,7,9-10,27H,2-3,6H2,1H3,(H,23,24)(H,21,22,25)/t9-,10+/m1/s1. The van der Waals surface area contributed by atoms with Crippen molar-refractivity contribution in [2.24, 2.45) is 7.05 Å². The van der Waals surface area contributed by atoms with Crippen molar-refractivity contribution in [3.63, 3.8) is 0 Å². The van der Waals surface area contributed by atoms with Gasteiger partial charge in [-0.1, -0.05) is 0 Å². The normalized spacial score (nSPS) is 19.6. The van der Waals surface area contributed by atoms with Crippen LogP contribution in [0.3, 0.4) is 0 Å². The van der Waals surface area contributed by atoms with Crippen molar-refractivity contribution in [3.05, 3.63) is 35.8 Å². The van der Waals surface area contributed by atoms with Crippen LogP contribution in [0, 0.1) is 17.5 Å². The van der Waals surface area contributed by atoms with E-state index in [-0.39, 0.29) is 18.1 Å². The lowest BCUT2D eigenvalue weighted by atomic mass is 10.2. The predicted octanol–water partition coefficient (Wildman–Crippen LogP) is 2.85. The first-order valence-electron chi connectivity index (χ1n) is 8.46. The fourth-order valence-corrected chi connectivity index (χ4v) is 3.21. The summed E-state index contributed by atoms with van der Waals surface area (Å²) >= 11 is 0. The number of aliphatic hydroxyl groups is 1. The minimum atomic E-state index is -1.06. The van der Waals surface area contributed by atoms with E-state index in [0.717, 1.165) is 12.8 Å². The fourth-order valence-electron chi connectivity index (χ4n) is 3.21. The Balaban J connectivity index is 1.62. The van der Waals surface area contributed by atoms with Gasteiger partial charge in [-0.25, -0.2) is 23.1 Å². The zero-order valence-corrected chi connectivity index (χ0v) is 14.4. The third kappa shape index (κ3) is 3.39. The molecule has 3 aromatic rings. The molecule has 142 valence electrons. The molecule has 2 heterocycles. The summed E-state index contributed by atoms with van der Waals surface area (Å²) < 4.78 is 42.3. The van der Waals surface area contributed by atoms with Crippen molar-refractivity contribution in [2.45, 2.75) is 31.4 Å². The Kier molecular flexibility index (Phi) is 4.34. The van der Waals surface area contributed by atoms with Gasteiger partial charge in [0.15, 0.2) is 17.3 Å². The smallest absolute Gasteiger partial charge is 0.224 e. The van der Waals surface area contributed by atoms with Crippen molar-refractivity contribution in [1.29, 1.82) is 0 Å². The van der Waals surface area contributed by atoms with Crippen LogP contribution in [0.5, 0.6) is 0 Å². The van der Waals surface area contributed by atoms with Gasteiger partial charge in [-0.05, 0) is 19.3 Å². The molecule has 0 aliphatic heterocycles. The maximum atomic E-state index is 13.9. The van der Waals surface area contributed by atoms with E-state index >= 15 is 0 Å². The minimum absolute atomic E-state index is 0.0886. The summed E-state index contributed by atoms with van der Waals surface area (Å²) in [5, 5.41) is 15.3. The van der Waals surface area contributed by atoms with E-state index in [9.17, 15) is 18.3 Å². The van der Waals surface area contributed by atoms with Crippen molar-refractivity contribution in [1.82, 2.24) is 19.5 Å². The second-order valence-corrected chi connectivity index (χ2v) is 6.57. The molecule has 0 radical (unpaired) electrons. The third-order valence-corrected chi connectivity index (χ3v) is 4.59. The second kappa shape index (κ2) is 6.69. The van der Waals surface area contributed by atoms with Gasteiger partial charge in [0.1, 0.15) is 17.0 Å². The molecular formula is C17H17F3N6O. The zero-order valence-electron chi connectivity index (χ0n) is 14.4. The van der Waals surface area contributed by atoms with Crippen molar-refractivity contribution in [3.8, 4) is 0 Å². The first-order chi connectivity index (χ1) is 12.9. The van der Waals surface area contributed by atoms with Crippen LogP contribution in [0.15, 0.2) is 18.3 Å². The number of imidazole rings is 1. The summed E-state index contributed by atoms with van der Waals surface area (Å²) in [7, 11) is 1.63. The maximum Gasteiger partial charge on any atom is 0.224 e. The molecule has 10 heteroatoms. The van der Waals surface area contributed by atoms with Crippen LogP contribution >= 0.6 is 0 Å². The van der Waals surface area contributed by atoms with E-state index < -0.39 is 23.1 Å². The van der Waals surface area contributed by atoms with E-state index in [1.165, 1.54) is 10.8 Å². The van der Waals surface area contributed by atoms with E-state index in [1.807, 2.05) is 0 Å². The van der Waals surface area contributed by atoms with E-state index in [1.54, 1.807) is 7.05 Å². The lowest BCUT2D eigenvalue weighted by Crippen LogP contribution is -2.18. The number of halogens is 3. The summed E-state index contributed by atoms with van der Waals surface area (Å²) in [6.07, 6.45) is 3.36. The van der Waals surface area contributed by atoms with E-state index in [2.05, 4.69) is 25.6 Å². The summed E-state index contributed by atoms with van der Waals surface area (Å²) in [6.45, 7) is 0. The van der Waals surface area contributed by atoms with Crippen molar-refractivity contribution < 1.29 is 18.3 Å². The number of hydrogen-bond donors (Lipinski definition) is 3. The van der Waals surface area contributed by atoms with Gasteiger partial charge in [0, 0.05) is 25.2 Å². The minimum Gasteiger partial charge on any atom is -0.393 e. The number of fused-ring (bicyclic) bond motifs is 1. The quantitative estimate of drug-likeness (QED) is 0.647. The summed E-state index contributed by atoms with van der Waals surface area (Å²) in [4.78, 5) is 12.8. The SMILES string of the molecule is Cn1c(Nc2c(F)cc(F)cc2F)nc2cnc(N[C@@H]3CC[C@H](O)C3)nc21. The van der Waals surface area contributed by atoms with Gasteiger partial charge < -0.3 is 15.7 Å². The topological polar surface area (TPSA) is 87.9 Å². The molecule has 1 aliphatic carbocycles. The van der Waals surface area contributed by atoms with Crippen LogP contribution in [0.1, 0.15) is 19.3 Å². The highest BCUT2D eigenvalue weighted by Crippen LogP contribution is 2.26. The van der Waals surface area contributed by atoms with Gasteiger partial charge in [0.05, 0.1) is 12.3 Å². The predicted molar refractivity (Wildman–Crippen MR) is 93.2 cm³/mol. The average molecular weight is 378 g/mol. The molecule has 7 nitrogen and oxygen atoms in total.